The lowest BCUT2D eigenvalue weighted by Crippen LogP contribution is -2.51. The van der Waals surface area contributed by atoms with Crippen molar-refractivity contribution in [3.05, 3.63) is 11.6 Å². The molecule has 3 fully saturated rings. The Morgan fingerprint density at radius 3 is 2.64 bits per heavy atom. The number of aliphatic carboxylic acids is 1. The van der Waals surface area contributed by atoms with Crippen molar-refractivity contribution in [1.82, 2.24) is 0 Å². The lowest BCUT2D eigenvalue weighted by Gasteiger charge is -2.58. The average molecular weight is 387 g/mol. The van der Waals surface area contributed by atoms with Gasteiger partial charge in [0.1, 0.15) is 5.78 Å². The third-order valence-corrected chi connectivity index (χ3v) is 8.83. The van der Waals surface area contributed by atoms with Crippen LogP contribution >= 0.6 is 0 Å². The molecule has 0 heterocycles. The van der Waals surface area contributed by atoms with Crippen molar-refractivity contribution in [3.8, 4) is 0 Å². The van der Waals surface area contributed by atoms with Crippen molar-refractivity contribution < 1.29 is 19.5 Å². The summed E-state index contributed by atoms with van der Waals surface area (Å²) in [5, 5.41) is 14.5. The molecule has 5 heteroatoms. The Labute approximate surface area is 167 Å². The number of carboxylic acid groups (broad SMARTS) is 1. The maximum absolute atomic E-state index is 12.2. The van der Waals surface area contributed by atoms with Crippen LogP contribution in [0, 0.1) is 34.5 Å². The number of carbonyl (C=O) groups is 2. The van der Waals surface area contributed by atoms with Crippen molar-refractivity contribution in [3.63, 3.8) is 0 Å². The lowest BCUT2D eigenvalue weighted by molar-refractivity contribution is -0.309. The highest BCUT2D eigenvalue weighted by atomic mass is 16.6. The molecule has 4 rings (SSSR count). The zero-order valence-corrected chi connectivity index (χ0v) is 17.3. The monoisotopic (exact) mass is 386 g/mol. The van der Waals surface area contributed by atoms with Gasteiger partial charge in [0, 0.05) is 5.92 Å². The summed E-state index contributed by atoms with van der Waals surface area (Å²) in [6, 6.07) is 0. The molecule has 0 aromatic heterocycles. The summed E-state index contributed by atoms with van der Waals surface area (Å²) in [4.78, 5) is 27.7. The van der Waals surface area contributed by atoms with E-state index in [1.165, 1.54) is 31.3 Å². The predicted molar refractivity (Wildman–Crippen MR) is 104 cm³/mol. The fraction of sp³-hybridized carbons (Fsp3) is 0.783. The van der Waals surface area contributed by atoms with Crippen LogP contribution in [0.3, 0.4) is 0 Å². The fourth-order valence-corrected chi connectivity index (χ4v) is 7.48. The van der Waals surface area contributed by atoms with Crippen LogP contribution in [0.15, 0.2) is 16.8 Å². The first-order valence-electron chi connectivity index (χ1n) is 10.9. The number of allylic oxidation sites excluding steroid dienone is 2. The number of nitrogens with zero attached hydrogens (tertiary/aromatic N) is 1. The summed E-state index contributed by atoms with van der Waals surface area (Å²) in [5.41, 5.74) is 2.71. The molecule has 0 bridgehead atoms. The fourth-order valence-electron chi connectivity index (χ4n) is 7.48. The second-order valence-electron chi connectivity index (χ2n) is 10.0. The van der Waals surface area contributed by atoms with Crippen molar-refractivity contribution in [2.24, 2.45) is 39.7 Å². The van der Waals surface area contributed by atoms with E-state index in [2.05, 4.69) is 25.1 Å². The molecule has 0 radical (unpaired) electrons. The van der Waals surface area contributed by atoms with Crippen LogP contribution in [0.25, 0.3) is 0 Å². The van der Waals surface area contributed by atoms with Gasteiger partial charge in [0.2, 0.25) is 0 Å². The Kier molecular flexibility index (Phi) is 4.91. The first-order chi connectivity index (χ1) is 13.3. The highest BCUT2D eigenvalue weighted by Crippen LogP contribution is 2.66. The van der Waals surface area contributed by atoms with Crippen molar-refractivity contribution >= 4 is 17.5 Å². The highest BCUT2D eigenvalue weighted by Gasteiger charge is 2.59. The molecule has 0 aliphatic heterocycles. The average Bonchev–Trinajstić information content (AvgIpc) is 2.99. The Balaban J connectivity index is 1.55. The molecule has 5 nitrogen and oxygen atoms in total. The number of carbonyl (C=O) groups excluding carboxylic acids is 2. The minimum Gasteiger partial charge on any atom is -0.546 e. The molecule has 3 saturated carbocycles. The van der Waals surface area contributed by atoms with E-state index in [0.29, 0.717) is 17.6 Å². The van der Waals surface area contributed by atoms with Crippen LogP contribution in [-0.4, -0.2) is 24.1 Å². The van der Waals surface area contributed by atoms with E-state index in [1.807, 2.05) is 0 Å². The summed E-state index contributed by atoms with van der Waals surface area (Å²) in [6.07, 6.45) is 11.0. The minimum atomic E-state index is -1.25. The van der Waals surface area contributed by atoms with E-state index < -0.39 is 12.6 Å². The molecule has 6 atom stereocenters. The Morgan fingerprint density at radius 1 is 1.14 bits per heavy atom. The van der Waals surface area contributed by atoms with E-state index in [9.17, 15) is 14.7 Å². The molecule has 0 aromatic carbocycles. The molecule has 4 aliphatic rings. The molecule has 0 aromatic rings. The van der Waals surface area contributed by atoms with Gasteiger partial charge in [0.05, 0.1) is 11.7 Å². The van der Waals surface area contributed by atoms with Crippen LogP contribution in [0.2, 0.25) is 0 Å². The van der Waals surface area contributed by atoms with Gasteiger partial charge in [-0.25, -0.2) is 0 Å². The quantitative estimate of drug-likeness (QED) is 0.695. The number of hydrogen-bond donors (Lipinski definition) is 0. The van der Waals surface area contributed by atoms with Gasteiger partial charge in [-0.3, -0.25) is 4.79 Å². The van der Waals surface area contributed by atoms with Crippen molar-refractivity contribution in [2.45, 2.75) is 72.1 Å². The van der Waals surface area contributed by atoms with Gasteiger partial charge in [-0.1, -0.05) is 24.6 Å². The zero-order chi connectivity index (χ0) is 20.1. The second-order valence-corrected chi connectivity index (χ2v) is 10.0. The third kappa shape index (κ3) is 3.02. The Bertz CT molecular complexity index is 741. The smallest absolute Gasteiger partial charge is 0.156 e. The molecular weight excluding hydrogens is 354 g/mol. The number of oxime groups is 1. The topological polar surface area (TPSA) is 78.8 Å². The van der Waals surface area contributed by atoms with Crippen LogP contribution < -0.4 is 5.11 Å². The number of Topliss-reactive ketones (excluding diaryl/α,β-unsaturated/α-hetero) is 1. The van der Waals surface area contributed by atoms with Gasteiger partial charge < -0.3 is 14.7 Å². The van der Waals surface area contributed by atoms with Crippen molar-refractivity contribution in [1.29, 1.82) is 0 Å². The van der Waals surface area contributed by atoms with Gasteiger partial charge in [-0.05, 0) is 93.0 Å². The predicted octanol–water partition coefficient (Wildman–Crippen LogP) is 3.28. The zero-order valence-electron chi connectivity index (χ0n) is 17.3. The Morgan fingerprint density at radius 2 is 1.93 bits per heavy atom. The number of fused-ring (bicyclic) bond motifs is 5. The van der Waals surface area contributed by atoms with Gasteiger partial charge in [-0.15, -0.1) is 0 Å². The largest absolute Gasteiger partial charge is 0.546 e. The van der Waals surface area contributed by atoms with Crippen molar-refractivity contribution in [2.75, 3.05) is 6.61 Å². The first kappa shape index (κ1) is 19.7. The molecule has 4 aliphatic carbocycles. The molecule has 154 valence electrons. The maximum Gasteiger partial charge on any atom is 0.156 e. The van der Waals surface area contributed by atoms with Gasteiger partial charge >= 0.3 is 0 Å². The normalized spacial score (nSPS) is 43.5. The highest BCUT2D eigenvalue weighted by molar-refractivity contribution is 5.96. The second kappa shape index (κ2) is 7.00. The summed E-state index contributed by atoms with van der Waals surface area (Å²) in [6.45, 7) is 6.11. The van der Waals surface area contributed by atoms with Gasteiger partial charge in [0.15, 0.2) is 6.61 Å². The summed E-state index contributed by atoms with van der Waals surface area (Å²) in [5.74, 6) is 1.49. The number of ketones is 1. The summed E-state index contributed by atoms with van der Waals surface area (Å²) >= 11 is 0. The molecular formula is C23H32NO4-. The van der Waals surface area contributed by atoms with E-state index in [-0.39, 0.29) is 16.7 Å². The summed E-state index contributed by atoms with van der Waals surface area (Å²) in [7, 11) is 0. The Hall–Kier alpha value is -1.65. The van der Waals surface area contributed by atoms with Crippen LogP contribution in [0.1, 0.15) is 72.1 Å². The van der Waals surface area contributed by atoms with E-state index in [4.69, 9.17) is 4.84 Å². The molecule has 0 N–H and O–H groups in total. The first-order valence-corrected chi connectivity index (χ1v) is 10.9. The molecule has 0 unspecified atom stereocenters. The maximum atomic E-state index is 12.2. The van der Waals surface area contributed by atoms with E-state index in [1.54, 1.807) is 6.92 Å². The number of carboxylic acids is 1. The van der Waals surface area contributed by atoms with E-state index >= 15 is 0 Å². The molecule has 0 spiro atoms. The standard InChI is InChI=1S/C23H33NO4/c1-14(25)18-6-7-19-17-5-4-15-12-16(24-28-13-21(26)27)8-10-22(15,2)20(17)9-11-23(18,19)3/h12,17-20H,4-11,13H2,1-3H3,(H,26,27)/p-1/t17-,18+,19+,20-,22+,23-/m1/s1. The van der Waals surface area contributed by atoms with Gasteiger partial charge in [0.25, 0.3) is 0 Å². The van der Waals surface area contributed by atoms with Crippen LogP contribution in [-0.2, 0) is 14.4 Å². The van der Waals surface area contributed by atoms with Crippen LogP contribution in [0.5, 0.6) is 0 Å². The third-order valence-electron chi connectivity index (χ3n) is 8.83. The number of rotatable bonds is 4. The molecule has 0 amide bonds. The SMILES string of the molecule is CC(=O)[C@@H]1CC[C@H]2[C@H]3CCC4=CC(=NOCC(=O)[O-])CC[C@]4(C)[C@@H]3CC[C@]12C. The van der Waals surface area contributed by atoms with Crippen LogP contribution in [0.4, 0.5) is 0 Å². The number of hydrogen-bond acceptors (Lipinski definition) is 5. The molecule has 28 heavy (non-hydrogen) atoms. The minimum absolute atomic E-state index is 0.199. The van der Waals surface area contributed by atoms with E-state index in [0.717, 1.165) is 37.3 Å². The molecule has 0 saturated heterocycles. The lowest BCUT2D eigenvalue weighted by atomic mass is 9.46. The summed E-state index contributed by atoms with van der Waals surface area (Å²) < 4.78 is 0. The van der Waals surface area contributed by atoms with Gasteiger partial charge in [-0.2, -0.15) is 0 Å².